The zero-order chi connectivity index (χ0) is 19.9. The van der Waals surface area contributed by atoms with Gasteiger partial charge in [0.1, 0.15) is 6.04 Å². The van der Waals surface area contributed by atoms with E-state index in [0.717, 1.165) is 25.7 Å². The number of carboxylic acids is 1. The molecule has 0 spiro atoms. The van der Waals surface area contributed by atoms with Gasteiger partial charge >= 0.3 is 5.97 Å². The number of nitrogens with zero attached hydrogens (tertiary/aromatic N) is 1. The minimum Gasteiger partial charge on any atom is -0.480 e. The number of amides is 1. The van der Waals surface area contributed by atoms with Crippen molar-refractivity contribution >= 4 is 21.9 Å². The number of carbonyl (C=O) groups excluding carboxylic acids is 1. The number of ether oxygens (including phenoxy) is 1. The summed E-state index contributed by atoms with van der Waals surface area (Å²) in [6.45, 7) is 1.12. The van der Waals surface area contributed by atoms with Crippen molar-refractivity contribution in [3.05, 3.63) is 29.8 Å². The largest absolute Gasteiger partial charge is 0.480 e. The van der Waals surface area contributed by atoms with Gasteiger partial charge in [-0.1, -0.05) is 18.9 Å². The molecule has 2 N–H and O–H groups in total. The molecule has 27 heavy (non-hydrogen) atoms. The fourth-order valence-electron chi connectivity index (χ4n) is 2.96. The van der Waals surface area contributed by atoms with Gasteiger partial charge in [-0.25, -0.2) is 13.2 Å². The second-order valence-corrected chi connectivity index (χ2v) is 8.43. The van der Waals surface area contributed by atoms with Crippen LogP contribution < -0.4 is 5.32 Å². The molecular formula is C18H26N2O6S. The van der Waals surface area contributed by atoms with Gasteiger partial charge in [0.25, 0.3) is 5.91 Å². The van der Waals surface area contributed by atoms with Crippen molar-refractivity contribution < 1.29 is 27.9 Å². The second-order valence-electron chi connectivity index (χ2n) is 6.49. The average Bonchev–Trinajstić information content (AvgIpc) is 2.95. The predicted octanol–water partition coefficient (Wildman–Crippen LogP) is 1.47. The Hall–Kier alpha value is -1.97. The maximum absolute atomic E-state index is 12.9. The first kappa shape index (κ1) is 21.3. The Labute approximate surface area is 159 Å². The number of carboxylic acid groups (broad SMARTS) is 1. The summed E-state index contributed by atoms with van der Waals surface area (Å²) >= 11 is 0. The summed E-state index contributed by atoms with van der Waals surface area (Å²) < 4.78 is 32.0. The summed E-state index contributed by atoms with van der Waals surface area (Å²) in [5, 5.41) is 11.6. The first-order chi connectivity index (χ1) is 12.9. The molecule has 0 saturated carbocycles. The SMILES string of the molecule is COCCC(NC(=O)c1cccc(S(=O)(=O)N2CCCCCC2)c1)C(=O)O. The van der Waals surface area contributed by atoms with E-state index >= 15 is 0 Å². The van der Waals surface area contributed by atoms with Crippen molar-refractivity contribution in [3.8, 4) is 0 Å². The smallest absolute Gasteiger partial charge is 0.326 e. The Balaban J connectivity index is 2.18. The van der Waals surface area contributed by atoms with Gasteiger partial charge in [-0.3, -0.25) is 4.79 Å². The van der Waals surface area contributed by atoms with Crippen LogP contribution in [-0.2, 0) is 19.6 Å². The zero-order valence-electron chi connectivity index (χ0n) is 15.4. The summed E-state index contributed by atoms with van der Waals surface area (Å²) in [6.07, 6.45) is 3.76. The normalized spacial score (nSPS) is 17.1. The summed E-state index contributed by atoms with van der Waals surface area (Å²) in [4.78, 5) is 23.7. The molecule has 0 aromatic heterocycles. The van der Waals surface area contributed by atoms with Crippen LogP contribution in [0.2, 0.25) is 0 Å². The van der Waals surface area contributed by atoms with Crippen LogP contribution in [0.4, 0.5) is 0 Å². The lowest BCUT2D eigenvalue weighted by Crippen LogP contribution is -2.41. The number of carbonyl (C=O) groups is 2. The lowest BCUT2D eigenvalue weighted by atomic mass is 10.1. The second kappa shape index (κ2) is 9.82. The lowest BCUT2D eigenvalue weighted by molar-refractivity contribution is -0.139. The molecule has 1 heterocycles. The first-order valence-electron chi connectivity index (χ1n) is 8.99. The van der Waals surface area contributed by atoms with Gasteiger partial charge in [0.15, 0.2) is 0 Å². The molecule has 9 heteroatoms. The molecule has 2 rings (SSSR count). The summed E-state index contributed by atoms with van der Waals surface area (Å²) in [5.41, 5.74) is 0.106. The van der Waals surface area contributed by atoms with Crippen LogP contribution in [0.3, 0.4) is 0 Å². The Kier molecular flexibility index (Phi) is 7.76. The van der Waals surface area contributed by atoms with E-state index in [1.54, 1.807) is 0 Å². The highest BCUT2D eigenvalue weighted by molar-refractivity contribution is 7.89. The molecular weight excluding hydrogens is 372 g/mol. The van der Waals surface area contributed by atoms with Gasteiger partial charge in [0, 0.05) is 38.8 Å². The van der Waals surface area contributed by atoms with E-state index < -0.39 is 27.9 Å². The molecule has 1 unspecified atom stereocenters. The molecule has 1 atom stereocenters. The number of sulfonamides is 1. The van der Waals surface area contributed by atoms with Gasteiger partial charge in [-0.2, -0.15) is 4.31 Å². The van der Waals surface area contributed by atoms with Crippen molar-refractivity contribution in [1.82, 2.24) is 9.62 Å². The third kappa shape index (κ3) is 5.75. The Bertz CT molecular complexity index is 757. The zero-order valence-corrected chi connectivity index (χ0v) is 16.2. The van der Waals surface area contributed by atoms with Crippen LogP contribution in [0.1, 0.15) is 42.5 Å². The molecule has 0 aliphatic carbocycles. The van der Waals surface area contributed by atoms with E-state index in [-0.39, 0.29) is 23.5 Å². The third-order valence-corrected chi connectivity index (χ3v) is 6.41. The van der Waals surface area contributed by atoms with E-state index in [9.17, 15) is 23.1 Å². The fourth-order valence-corrected chi connectivity index (χ4v) is 4.53. The van der Waals surface area contributed by atoms with Crippen LogP contribution >= 0.6 is 0 Å². The number of benzene rings is 1. The monoisotopic (exact) mass is 398 g/mol. The van der Waals surface area contributed by atoms with Crippen molar-refractivity contribution in [2.24, 2.45) is 0 Å². The van der Waals surface area contributed by atoms with Gasteiger partial charge in [-0.05, 0) is 31.0 Å². The van der Waals surface area contributed by atoms with E-state index in [4.69, 9.17) is 4.74 Å². The number of nitrogens with one attached hydrogen (secondary N) is 1. The van der Waals surface area contributed by atoms with Crippen LogP contribution in [0.15, 0.2) is 29.2 Å². The van der Waals surface area contributed by atoms with Crippen molar-refractivity contribution in [2.75, 3.05) is 26.8 Å². The van der Waals surface area contributed by atoms with Crippen LogP contribution in [-0.4, -0.2) is 62.6 Å². The summed E-state index contributed by atoms with van der Waals surface area (Å²) in [5.74, 6) is -1.81. The van der Waals surface area contributed by atoms with Crippen LogP contribution in [0.25, 0.3) is 0 Å². The van der Waals surface area contributed by atoms with E-state index in [1.807, 2.05) is 0 Å². The lowest BCUT2D eigenvalue weighted by Gasteiger charge is -2.20. The topological polar surface area (TPSA) is 113 Å². The van der Waals surface area contributed by atoms with Crippen LogP contribution in [0.5, 0.6) is 0 Å². The average molecular weight is 398 g/mol. The molecule has 0 bridgehead atoms. The number of methoxy groups -OCH3 is 1. The first-order valence-corrected chi connectivity index (χ1v) is 10.4. The van der Waals surface area contributed by atoms with Crippen molar-refractivity contribution in [1.29, 1.82) is 0 Å². The number of aliphatic carboxylic acids is 1. The predicted molar refractivity (Wildman–Crippen MR) is 99.1 cm³/mol. The van der Waals surface area contributed by atoms with E-state index in [1.165, 1.54) is 35.7 Å². The maximum Gasteiger partial charge on any atom is 0.326 e. The molecule has 0 radical (unpaired) electrons. The summed E-state index contributed by atoms with van der Waals surface area (Å²) in [7, 11) is -2.24. The molecule has 150 valence electrons. The third-order valence-electron chi connectivity index (χ3n) is 4.51. The molecule has 1 saturated heterocycles. The van der Waals surface area contributed by atoms with Gasteiger partial charge < -0.3 is 15.2 Å². The highest BCUT2D eigenvalue weighted by Crippen LogP contribution is 2.21. The highest BCUT2D eigenvalue weighted by atomic mass is 32.2. The minimum absolute atomic E-state index is 0.0424. The molecule has 1 aliphatic heterocycles. The molecule has 1 aromatic carbocycles. The molecule has 1 amide bonds. The van der Waals surface area contributed by atoms with Crippen molar-refractivity contribution in [3.63, 3.8) is 0 Å². The Morgan fingerprint density at radius 1 is 1.22 bits per heavy atom. The molecule has 1 fully saturated rings. The number of hydrogen-bond acceptors (Lipinski definition) is 5. The Morgan fingerprint density at radius 2 is 1.89 bits per heavy atom. The quantitative estimate of drug-likeness (QED) is 0.686. The molecule has 1 aromatic rings. The van der Waals surface area contributed by atoms with E-state index in [0.29, 0.717) is 13.1 Å². The number of hydrogen-bond donors (Lipinski definition) is 2. The Morgan fingerprint density at radius 3 is 2.48 bits per heavy atom. The number of rotatable bonds is 8. The van der Waals surface area contributed by atoms with E-state index in [2.05, 4.69) is 5.32 Å². The molecule has 1 aliphatic rings. The minimum atomic E-state index is -3.68. The van der Waals surface area contributed by atoms with Crippen LogP contribution in [0, 0.1) is 0 Å². The molecule has 8 nitrogen and oxygen atoms in total. The maximum atomic E-state index is 12.9. The van der Waals surface area contributed by atoms with Gasteiger partial charge in [0.2, 0.25) is 10.0 Å². The fraction of sp³-hybridized carbons (Fsp3) is 0.556. The highest BCUT2D eigenvalue weighted by Gasteiger charge is 2.26. The standard InChI is InChI=1S/C18H26N2O6S/c1-26-12-9-16(18(22)23)19-17(21)14-7-6-8-15(13-14)27(24,25)20-10-4-2-3-5-11-20/h6-8,13,16H,2-5,9-12H2,1H3,(H,19,21)(H,22,23). The van der Waals surface area contributed by atoms with Crippen molar-refractivity contribution in [2.45, 2.75) is 43.0 Å². The summed E-state index contributed by atoms with van der Waals surface area (Å²) in [6, 6.07) is 4.60. The van der Waals surface area contributed by atoms with Gasteiger partial charge in [0.05, 0.1) is 4.90 Å². The van der Waals surface area contributed by atoms with Gasteiger partial charge in [-0.15, -0.1) is 0 Å².